The molecule has 1 saturated heterocycles. The van der Waals surface area contributed by atoms with Gasteiger partial charge in [0.1, 0.15) is 5.82 Å². The molecule has 3 aromatic rings. The van der Waals surface area contributed by atoms with Gasteiger partial charge in [-0.1, -0.05) is 60.7 Å². The molecule has 0 unspecified atom stereocenters. The summed E-state index contributed by atoms with van der Waals surface area (Å²) in [5, 5.41) is 2.82. The third-order valence-electron chi connectivity index (χ3n) is 5.22. The average Bonchev–Trinajstić information content (AvgIpc) is 3.00. The van der Waals surface area contributed by atoms with Crippen LogP contribution in [0.3, 0.4) is 0 Å². The SMILES string of the molecule is O=C(CN1C(=O)N[C@@](Cc2ccccc2)(c2ccccc2)C1=O)c1ccc(F)cc1. The molecule has 0 aliphatic carbocycles. The summed E-state index contributed by atoms with van der Waals surface area (Å²) in [7, 11) is 0. The Bertz CT molecular complexity index is 1080. The topological polar surface area (TPSA) is 66.5 Å². The maximum atomic E-state index is 13.5. The van der Waals surface area contributed by atoms with Crippen LogP contribution in [-0.2, 0) is 16.8 Å². The number of nitrogens with one attached hydrogen (secondary N) is 1. The van der Waals surface area contributed by atoms with Crippen LogP contribution in [0.2, 0.25) is 0 Å². The van der Waals surface area contributed by atoms with Crippen LogP contribution in [0.1, 0.15) is 21.5 Å². The molecule has 1 aliphatic heterocycles. The van der Waals surface area contributed by atoms with Crippen molar-refractivity contribution in [2.24, 2.45) is 0 Å². The standard InChI is InChI=1S/C24H19FN2O3/c25-20-13-11-18(12-14-20)21(28)16-27-22(29)24(26-23(27)30,19-9-5-2-6-10-19)15-17-7-3-1-4-8-17/h1-14H,15-16H2,(H,26,30)/t24-/m0/s1. The Balaban J connectivity index is 1.67. The third kappa shape index (κ3) is 3.59. The van der Waals surface area contributed by atoms with Gasteiger partial charge in [-0.25, -0.2) is 9.18 Å². The zero-order chi connectivity index (χ0) is 21.1. The quantitative estimate of drug-likeness (QED) is 0.505. The molecule has 1 atom stereocenters. The number of carbonyl (C=O) groups excluding carboxylic acids is 3. The first-order valence-electron chi connectivity index (χ1n) is 9.52. The van der Waals surface area contributed by atoms with Crippen molar-refractivity contribution < 1.29 is 18.8 Å². The highest BCUT2D eigenvalue weighted by Crippen LogP contribution is 2.33. The second-order valence-corrected chi connectivity index (χ2v) is 7.19. The molecule has 1 N–H and O–H groups in total. The first-order chi connectivity index (χ1) is 14.5. The Morgan fingerprint density at radius 3 is 2.10 bits per heavy atom. The normalized spacial score (nSPS) is 18.4. The summed E-state index contributed by atoms with van der Waals surface area (Å²) >= 11 is 0. The number of benzene rings is 3. The van der Waals surface area contributed by atoms with Gasteiger partial charge in [0.25, 0.3) is 5.91 Å². The molecule has 0 spiro atoms. The number of imide groups is 1. The highest BCUT2D eigenvalue weighted by Gasteiger charge is 2.52. The first-order valence-corrected chi connectivity index (χ1v) is 9.52. The van der Waals surface area contributed by atoms with E-state index in [9.17, 15) is 18.8 Å². The van der Waals surface area contributed by atoms with Crippen molar-refractivity contribution in [3.05, 3.63) is 107 Å². The molecule has 3 aromatic carbocycles. The number of amides is 3. The van der Waals surface area contributed by atoms with Crippen molar-refractivity contribution in [1.29, 1.82) is 0 Å². The van der Waals surface area contributed by atoms with E-state index in [1.165, 1.54) is 24.3 Å². The molecule has 0 bridgehead atoms. The summed E-state index contributed by atoms with van der Waals surface area (Å²) in [6.45, 7) is -0.417. The molecule has 1 heterocycles. The molecule has 30 heavy (non-hydrogen) atoms. The number of carbonyl (C=O) groups is 3. The summed E-state index contributed by atoms with van der Waals surface area (Å²) in [6.07, 6.45) is 0.254. The van der Waals surface area contributed by atoms with Crippen LogP contribution in [0.15, 0.2) is 84.9 Å². The Morgan fingerprint density at radius 1 is 0.867 bits per heavy atom. The monoisotopic (exact) mass is 402 g/mol. The summed E-state index contributed by atoms with van der Waals surface area (Å²) in [5.74, 6) is -1.40. The number of urea groups is 1. The molecule has 1 fully saturated rings. The van der Waals surface area contributed by atoms with Crippen molar-refractivity contribution in [3.8, 4) is 0 Å². The van der Waals surface area contributed by atoms with Crippen molar-refractivity contribution in [3.63, 3.8) is 0 Å². The van der Waals surface area contributed by atoms with Gasteiger partial charge in [-0.2, -0.15) is 0 Å². The minimum Gasteiger partial charge on any atom is -0.319 e. The van der Waals surface area contributed by atoms with Crippen molar-refractivity contribution in [2.75, 3.05) is 6.54 Å². The van der Waals surface area contributed by atoms with Crippen LogP contribution in [0.5, 0.6) is 0 Å². The van der Waals surface area contributed by atoms with Gasteiger partial charge in [-0.15, -0.1) is 0 Å². The van der Waals surface area contributed by atoms with Crippen LogP contribution in [0.4, 0.5) is 9.18 Å². The summed E-state index contributed by atoms with van der Waals surface area (Å²) in [4.78, 5) is 39.8. The van der Waals surface area contributed by atoms with E-state index in [1.54, 1.807) is 24.3 Å². The molecule has 0 radical (unpaired) electrons. The molecule has 4 rings (SSSR count). The predicted octanol–water partition coefficient (Wildman–Crippen LogP) is 3.70. The number of rotatable bonds is 6. The maximum absolute atomic E-state index is 13.5. The van der Waals surface area contributed by atoms with Crippen molar-refractivity contribution in [1.82, 2.24) is 10.2 Å². The molecular weight excluding hydrogens is 383 g/mol. The highest BCUT2D eigenvalue weighted by molar-refractivity contribution is 6.11. The number of nitrogens with zero attached hydrogens (tertiary/aromatic N) is 1. The number of halogens is 1. The number of ketones is 1. The fourth-order valence-electron chi connectivity index (χ4n) is 3.68. The minimum absolute atomic E-state index is 0.234. The van der Waals surface area contributed by atoms with Gasteiger partial charge < -0.3 is 5.32 Å². The lowest BCUT2D eigenvalue weighted by atomic mass is 9.83. The van der Waals surface area contributed by atoms with Crippen LogP contribution in [0, 0.1) is 5.82 Å². The fraction of sp³-hybridized carbons (Fsp3) is 0.125. The molecule has 3 amide bonds. The second kappa shape index (κ2) is 7.91. The van der Waals surface area contributed by atoms with Crippen LogP contribution >= 0.6 is 0 Å². The lowest BCUT2D eigenvalue weighted by molar-refractivity contribution is -0.131. The number of hydrogen-bond donors (Lipinski definition) is 1. The lowest BCUT2D eigenvalue weighted by Gasteiger charge is -2.27. The van der Waals surface area contributed by atoms with E-state index in [0.29, 0.717) is 5.56 Å². The van der Waals surface area contributed by atoms with E-state index < -0.39 is 35.6 Å². The molecular formula is C24H19FN2O3. The van der Waals surface area contributed by atoms with E-state index in [2.05, 4.69) is 5.32 Å². The Hall–Kier alpha value is -3.80. The van der Waals surface area contributed by atoms with Gasteiger partial charge in [0.05, 0.1) is 6.54 Å². The largest absolute Gasteiger partial charge is 0.325 e. The van der Waals surface area contributed by atoms with Gasteiger partial charge in [0, 0.05) is 12.0 Å². The van der Waals surface area contributed by atoms with E-state index in [1.807, 2.05) is 36.4 Å². The molecule has 150 valence electrons. The van der Waals surface area contributed by atoms with Gasteiger partial charge in [-0.05, 0) is 35.4 Å². The Morgan fingerprint density at radius 2 is 1.47 bits per heavy atom. The van der Waals surface area contributed by atoms with E-state index >= 15 is 0 Å². The molecule has 6 heteroatoms. The zero-order valence-corrected chi connectivity index (χ0v) is 16.0. The summed E-state index contributed by atoms with van der Waals surface area (Å²) in [5.41, 5.74) is 0.450. The smallest absolute Gasteiger partial charge is 0.319 e. The number of hydrogen-bond acceptors (Lipinski definition) is 3. The maximum Gasteiger partial charge on any atom is 0.325 e. The third-order valence-corrected chi connectivity index (χ3v) is 5.22. The minimum atomic E-state index is -1.30. The van der Waals surface area contributed by atoms with Gasteiger partial charge in [0.2, 0.25) is 0 Å². The van der Waals surface area contributed by atoms with Crippen molar-refractivity contribution >= 4 is 17.7 Å². The highest BCUT2D eigenvalue weighted by atomic mass is 19.1. The van der Waals surface area contributed by atoms with E-state index in [0.717, 1.165) is 10.5 Å². The molecule has 0 aromatic heterocycles. The van der Waals surface area contributed by atoms with Gasteiger partial charge in [0.15, 0.2) is 11.3 Å². The predicted molar refractivity (Wildman–Crippen MR) is 109 cm³/mol. The fourth-order valence-corrected chi connectivity index (χ4v) is 3.68. The molecule has 5 nitrogen and oxygen atoms in total. The van der Waals surface area contributed by atoms with Crippen molar-refractivity contribution in [2.45, 2.75) is 12.0 Å². The van der Waals surface area contributed by atoms with Crippen LogP contribution < -0.4 is 5.32 Å². The molecule has 0 saturated carbocycles. The van der Waals surface area contributed by atoms with Gasteiger partial charge >= 0.3 is 6.03 Å². The summed E-state index contributed by atoms with van der Waals surface area (Å²) in [6, 6.07) is 22.8. The zero-order valence-electron chi connectivity index (χ0n) is 16.0. The second-order valence-electron chi connectivity index (χ2n) is 7.19. The first kappa shape index (κ1) is 19.5. The Kier molecular flexibility index (Phi) is 5.14. The summed E-state index contributed by atoms with van der Waals surface area (Å²) < 4.78 is 13.1. The van der Waals surface area contributed by atoms with E-state index in [4.69, 9.17) is 0 Å². The van der Waals surface area contributed by atoms with Crippen LogP contribution in [-0.4, -0.2) is 29.2 Å². The lowest BCUT2D eigenvalue weighted by Crippen LogP contribution is -2.46. The number of Topliss-reactive ketones (excluding diaryl/α,β-unsaturated/α-hetero) is 1. The van der Waals surface area contributed by atoms with Gasteiger partial charge in [-0.3, -0.25) is 14.5 Å². The average molecular weight is 402 g/mol. The molecule has 1 aliphatic rings. The van der Waals surface area contributed by atoms with Crippen LogP contribution in [0.25, 0.3) is 0 Å². The Labute approximate surface area is 173 Å². The van der Waals surface area contributed by atoms with E-state index in [-0.39, 0.29) is 12.0 Å².